The summed E-state index contributed by atoms with van der Waals surface area (Å²) in [5, 5.41) is 16.5. The van der Waals surface area contributed by atoms with E-state index in [2.05, 4.69) is 10.4 Å². The zero-order chi connectivity index (χ0) is 18.6. The van der Waals surface area contributed by atoms with Crippen LogP contribution in [0.2, 0.25) is 5.02 Å². The molecule has 0 saturated carbocycles. The van der Waals surface area contributed by atoms with E-state index in [9.17, 15) is 9.59 Å². The van der Waals surface area contributed by atoms with Crippen LogP contribution in [0.15, 0.2) is 29.1 Å². The first-order chi connectivity index (χ1) is 11.8. The molecule has 0 aliphatic heterocycles. The number of carbonyl (C=O) groups is 1. The van der Waals surface area contributed by atoms with Gasteiger partial charge in [-0.05, 0) is 38.6 Å². The summed E-state index contributed by atoms with van der Waals surface area (Å²) in [6.45, 7) is 3.54. The molecule has 2 rings (SSSR count). The summed E-state index contributed by atoms with van der Waals surface area (Å²) in [6.07, 6.45) is 0. The van der Waals surface area contributed by atoms with Crippen molar-refractivity contribution in [3.63, 3.8) is 0 Å². The van der Waals surface area contributed by atoms with Gasteiger partial charge in [-0.25, -0.2) is 4.68 Å². The van der Waals surface area contributed by atoms with Crippen LogP contribution in [0.1, 0.15) is 16.8 Å². The Morgan fingerprint density at radius 2 is 2.08 bits per heavy atom. The van der Waals surface area contributed by atoms with Gasteiger partial charge < -0.3 is 5.32 Å². The van der Waals surface area contributed by atoms with Gasteiger partial charge in [0.05, 0.1) is 29.6 Å². The lowest BCUT2D eigenvalue weighted by atomic mass is 10.1. The SMILES string of the molecule is Cc1nn(CN(C)CC(=O)Nc2ccccc2Cl)c(=O)c(C#N)c1C. The van der Waals surface area contributed by atoms with Gasteiger partial charge in [0, 0.05) is 0 Å². The van der Waals surface area contributed by atoms with E-state index in [1.165, 1.54) is 4.68 Å². The number of hydrogen-bond acceptors (Lipinski definition) is 5. The van der Waals surface area contributed by atoms with E-state index in [0.717, 1.165) is 0 Å². The highest BCUT2D eigenvalue weighted by molar-refractivity contribution is 6.33. The molecular weight excluding hydrogens is 342 g/mol. The summed E-state index contributed by atoms with van der Waals surface area (Å²) < 4.78 is 1.18. The van der Waals surface area contributed by atoms with E-state index in [4.69, 9.17) is 16.9 Å². The summed E-state index contributed by atoms with van der Waals surface area (Å²) in [5.41, 5.74) is 1.30. The molecule has 0 aliphatic carbocycles. The molecule has 7 nitrogen and oxygen atoms in total. The maximum absolute atomic E-state index is 12.3. The van der Waals surface area contributed by atoms with E-state index in [1.807, 2.05) is 6.07 Å². The second-order valence-corrected chi connectivity index (χ2v) is 6.09. The van der Waals surface area contributed by atoms with Gasteiger partial charge in [-0.1, -0.05) is 23.7 Å². The predicted octanol–water partition coefficient (Wildman–Crippen LogP) is 1.91. The lowest BCUT2D eigenvalue weighted by Crippen LogP contribution is -2.37. The quantitative estimate of drug-likeness (QED) is 0.880. The zero-order valence-electron chi connectivity index (χ0n) is 14.2. The van der Waals surface area contributed by atoms with E-state index in [0.29, 0.717) is 22.0 Å². The fourth-order valence-corrected chi connectivity index (χ4v) is 2.46. The number of rotatable bonds is 5. The average Bonchev–Trinajstić information content (AvgIpc) is 2.55. The smallest absolute Gasteiger partial charge is 0.286 e. The first-order valence-electron chi connectivity index (χ1n) is 7.54. The van der Waals surface area contributed by atoms with Crippen LogP contribution in [0.25, 0.3) is 0 Å². The Morgan fingerprint density at radius 1 is 1.40 bits per heavy atom. The molecule has 1 amide bonds. The van der Waals surface area contributed by atoms with Crippen LogP contribution in [0, 0.1) is 25.2 Å². The third kappa shape index (κ3) is 4.44. The van der Waals surface area contributed by atoms with Crippen molar-refractivity contribution in [1.82, 2.24) is 14.7 Å². The molecule has 0 atom stereocenters. The van der Waals surface area contributed by atoms with Crippen LogP contribution >= 0.6 is 11.6 Å². The van der Waals surface area contributed by atoms with Crippen molar-refractivity contribution in [3.05, 3.63) is 56.5 Å². The number of carbonyl (C=O) groups excluding carboxylic acids is 1. The van der Waals surface area contributed by atoms with Crippen molar-refractivity contribution in [1.29, 1.82) is 5.26 Å². The number of nitrogens with zero attached hydrogens (tertiary/aromatic N) is 4. The summed E-state index contributed by atoms with van der Waals surface area (Å²) >= 11 is 6.01. The van der Waals surface area contributed by atoms with Crippen LogP contribution in [0.4, 0.5) is 5.69 Å². The van der Waals surface area contributed by atoms with Crippen LogP contribution in [-0.4, -0.2) is 34.2 Å². The fraction of sp³-hybridized carbons (Fsp3) is 0.294. The second-order valence-electron chi connectivity index (χ2n) is 5.69. The lowest BCUT2D eigenvalue weighted by molar-refractivity contribution is -0.117. The van der Waals surface area contributed by atoms with E-state index < -0.39 is 5.56 Å². The molecule has 0 saturated heterocycles. The summed E-state index contributed by atoms with van der Waals surface area (Å²) in [4.78, 5) is 26.0. The van der Waals surface area contributed by atoms with Gasteiger partial charge in [-0.15, -0.1) is 0 Å². The highest BCUT2D eigenvalue weighted by atomic mass is 35.5. The molecule has 1 aromatic heterocycles. The number of hydrogen-bond donors (Lipinski definition) is 1. The molecule has 0 fully saturated rings. The number of para-hydroxylation sites is 1. The van der Waals surface area contributed by atoms with Crippen molar-refractivity contribution in [2.75, 3.05) is 18.9 Å². The monoisotopic (exact) mass is 359 g/mol. The Balaban J connectivity index is 2.08. The third-order valence-corrected chi connectivity index (χ3v) is 4.01. The molecule has 25 heavy (non-hydrogen) atoms. The Labute approximate surface area is 150 Å². The number of nitriles is 1. The van der Waals surface area contributed by atoms with Gasteiger partial charge in [0.25, 0.3) is 5.56 Å². The Hall–Kier alpha value is -2.69. The molecule has 2 aromatic rings. The van der Waals surface area contributed by atoms with Crippen molar-refractivity contribution >= 4 is 23.2 Å². The molecule has 0 aliphatic rings. The van der Waals surface area contributed by atoms with Crippen LogP contribution in [-0.2, 0) is 11.5 Å². The van der Waals surface area contributed by atoms with E-state index in [-0.39, 0.29) is 24.7 Å². The second kappa shape index (κ2) is 7.92. The predicted molar refractivity (Wildman–Crippen MR) is 95.4 cm³/mol. The van der Waals surface area contributed by atoms with Crippen molar-refractivity contribution in [3.8, 4) is 6.07 Å². The maximum atomic E-state index is 12.3. The van der Waals surface area contributed by atoms with Gasteiger partial charge in [-0.3, -0.25) is 14.5 Å². The van der Waals surface area contributed by atoms with Crippen LogP contribution in [0.3, 0.4) is 0 Å². The molecule has 0 radical (unpaired) electrons. The normalized spacial score (nSPS) is 10.6. The minimum Gasteiger partial charge on any atom is -0.324 e. The fourth-order valence-electron chi connectivity index (χ4n) is 2.28. The summed E-state index contributed by atoms with van der Waals surface area (Å²) in [7, 11) is 1.68. The first-order valence-corrected chi connectivity index (χ1v) is 7.92. The number of benzene rings is 1. The molecule has 0 spiro atoms. The highest BCUT2D eigenvalue weighted by Crippen LogP contribution is 2.20. The van der Waals surface area contributed by atoms with Gasteiger partial charge >= 0.3 is 0 Å². The third-order valence-electron chi connectivity index (χ3n) is 3.69. The first kappa shape index (κ1) is 18.6. The van der Waals surface area contributed by atoms with E-state index >= 15 is 0 Å². The number of aryl methyl sites for hydroxylation is 1. The van der Waals surface area contributed by atoms with Crippen molar-refractivity contribution in [2.45, 2.75) is 20.5 Å². The lowest BCUT2D eigenvalue weighted by Gasteiger charge is -2.18. The Kier molecular flexibility index (Phi) is 5.91. The molecule has 130 valence electrons. The van der Waals surface area contributed by atoms with Crippen molar-refractivity contribution in [2.24, 2.45) is 0 Å². The zero-order valence-corrected chi connectivity index (χ0v) is 15.0. The number of anilines is 1. The van der Waals surface area contributed by atoms with Crippen LogP contribution in [0.5, 0.6) is 0 Å². The molecule has 1 N–H and O–H groups in total. The topological polar surface area (TPSA) is 91.0 Å². The van der Waals surface area contributed by atoms with Gasteiger partial charge in [0.15, 0.2) is 0 Å². The standard InChI is InChI=1S/C17H18ClN5O2/c1-11-12(2)21-23(17(25)13(11)8-19)10-22(3)9-16(24)20-15-7-5-4-6-14(15)18/h4-7H,9-10H2,1-3H3,(H,20,24). The minimum atomic E-state index is -0.469. The van der Waals surface area contributed by atoms with Crippen LogP contribution < -0.4 is 10.9 Å². The largest absolute Gasteiger partial charge is 0.324 e. The molecule has 8 heteroatoms. The molecular formula is C17H18ClN5O2. The molecule has 1 heterocycles. The molecule has 0 unspecified atom stereocenters. The minimum absolute atomic E-state index is 0.0359. The van der Waals surface area contributed by atoms with Gasteiger partial charge in [0.1, 0.15) is 11.6 Å². The Morgan fingerprint density at radius 3 is 2.72 bits per heavy atom. The molecule has 0 bridgehead atoms. The highest BCUT2D eigenvalue weighted by Gasteiger charge is 2.14. The number of nitrogens with one attached hydrogen (secondary N) is 1. The van der Waals surface area contributed by atoms with Gasteiger partial charge in [-0.2, -0.15) is 10.4 Å². The number of halogens is 1. The van der Waals surface area contributed by atoms with Gasteiger partial charge in [0.2, 0.25) is 5.91 Å². The average molecular weight is 360 g/mol. The number of likely N-dealkylation sites (N-methyl/N-ethyl adjacent to an activating group) is 1. The van der Waals surface area contributed by atoms with E-state index in [1.54, 1.807) is 50.1 Å². The number of aromatic nitrogens is 2. The summed E-state index contributed by atoms with van der Waals surface area (Å²) in [6, 6.07) is 8.84. The van der Waals surface area contributed by atoms with Crippen molar-refractivity contribution < 1.29 is 4.79 Å². The number of amides is 1. The maximum Gasteiger partial charge on any atom is 0.286 e. The Bertz CT molecular complexity index is 901. The summed E-state index contributed by atoms with van der Waals surface area (Å²) in [5.74, 6) is -0.270. The molecule has 1 aromatic carbocycles.